The topological polar surface area (TPSA) is 62.2 Å². The van der Waals surface area contributed by atoms with E-state index in [2.05, 4.69) is 10.3 Å². The Balaban J connectivity index is 2.35. The fraction of sp³-hybridized carbons (Fsp3) is 0.538. The van der Waals surface area contributed by atoms with Crippen LogP contribution in [0, 0.1) is 0 Å². The number of ketones is 1. The second-order valence-corrected chi connectivity index (χ2v) is 4.67. The fourth-order valence-electron chi connectivity index (χ4n) is 1.54. The van der Waals surface area contributed by atoms with Gasteiger partial charge in [-0.25, -0.2) is 0 Å². The summed E-state index contributed by atoms with van der Waals surface area (Å²) in [6.45, 7) is 4.76. The summed E-state index contributed by atoms with van der Waals surface area (Å²) in [6.07, 6.45) is 2.72. The summed E-state index contributed by atoms with van der Waals surface area (Å²) in [5.74, 6) is 0.0397. The van der Waals surface area contributed by atoms with E-state index in [1.807, 2.05) is 19.9 Å². The van der Waals surface area contributed by atoms with Crippen molar-refractivity contribution < 1.29 is 9.90 Å². The van der Waals surface area contributed by atoms with Gasteiger partial charge in [-0.3, -0.25) is 9.78 Å². The highest BCUT2D eigenvalue weighted by atomic mass is 16.3. The van der Waals surface area contributed by atoms with Crippen molar-refractivity contribution in [1.29, 1.82) is 0 Å². The highest BCUT2D eigenvalue weighted by Gasteiger charge is 2.16. The molecule has 1 rings (SSSR count). The van der Waals surface area contributed by atoms with Gasteiger partial charge in [0.05, 0.1) is 0 Å². The SMILES string of the molecule is CC(C)(CCO)NCCC(=O)c1ccccn1. The van der Waals surface area contributed by atoms with E-state index in [0.717, 1.165) is 0 Å². The van der Waals surface area contributed by atoms with Crippen molar-refractivity contribution in [3.8, 4) is 0 Å². The molecule has 0 aliphatic rings. The maximum atomic E-state index is 11.7. The number of nitrogens with zero attached hydrogens (tertiary/aromatic N) is 1. The van der Waals surface area contributed by atoms with E-state index in [0.29, 0.717) is 25.1 Å². The van der Waals surface area contributed by atoms with Gasteiger partial charge in [0.25, 0.3) is 0 Å². The van der Waals surface area contributed by atoms with Gasteiger partial charge in [-0.1, -0.05) is 6.07 Å². The number of nitrogens with one attached hydrogen (secondary N) is 1. The molecule has 0 atom stereocenters. The molecule has 0 spiro atoms. The molecule has 1 aromatic heterocycles. The van der Waals surface area contributed by atoms with Crippen molar-refractivity contribution in [2.24, 2.45) is 0 Å². The molecule has 1 heterocycles. The standard InChI is InChI=1S/C13H20N2O2/c1-13(2,7-10-16)15-9-6-12(17)11-5-3-4-8-14-11/h3-5,8,15-16H,6-7,9-10H2,1-2H3. The molecule has 0 bridgehead atoms. The first-order chi connectivity index (χ1) is 8.05. The fourth-order valence-corrected chi connectivity index (χ4v) is 1.54. The summed E-state index contributed by atoms with van der Waals surface area (Å²) >= 11 is 0. The summed E-state index contributed by atoms with van der Waals surface area (Å²) in [6, 6.07) is 5.32. The lowest BCUT2D eigenvalue weighted by atomic mass is 10.0. The molecular weight excluding hydrogens is 216 g/mol. The van der Waals surface area contributed by atoms with E-state index in [1.54, 1.807) is 18.3 Å². The minimum absolute atomic E-state index is 0.0397. The number of hydrogen-bond donors (Lipinski definition) is 2. The van der Waals surface area contributed by atoms with Crippen LogP contribution in [0.25, 0.3) is 0 Å². The van der Waals surface area contributed by atoms with E-state index in [9.17, 15) is 4.79 Å². The van der Waals surface area contributed by atoms with E-state index in [4.69, 9.17) is 5.11 Å². The van der Waals surface area contributed by atoms with Crippen molar-refractivity contribution in [1.82, 2.24) is 10.3 Å². The molecule has 4 nitrogen and oxygen atoms in total. The van der Waals surface area contributed by atoms with Gasteiger partial charge in [0.15, 0.2) is 5.78 Å². The summed E-state index contributed by atoms with van der Waals surface area (Å²) in [7, 11) is 0. The van der Waals surface area contributed by atoms with E-state index < -0.39 is 0 Å². The molecule has 0 aromatic carbocycles. The van der Waals surface area contributed by atoms with Crippen LogP contribution < -0.4 is 5.32 Å². The third-order valence-corrected chi connectivity index (χ3v) is 2.64. The predicted octanol–water partition coefficient (Wildman–Crippen LogP) is 1.41. The molecule has 2 N–H and O–H groups in total. The lowest BCUT2D eigenvalue weighted by Gasteiger charge is -2.25. The lowest BCUT2D eigenvalue weighted by Crippen LogP contribution is -2.41. The Hall–Kier alpha value is -1.26. The van der Waals surface area contributed by atoms with Crippen molar-refractivity contribution in [3.63, 3.8) is 0 Å². The molecule has 94 valence electrons. The predicted molar refractivity (Wildman–Crippen MR) is 67.0 cm³/mol. The Morgan fingerprint density at radius 3 is 2.82 bits per heavy atom. The summed E-state index contributed by atoms with van der Waals surface area (Å²) in [5.41, 5.74) is 0.369. The third kappa shape index (κ3) is 5.06. The van der Waals surface area contributed by atoms with Gasteiger partial charge in [-0.05, 0) is 32.4 Å². The highest BCUT2D eigenvalue weighted by molar-refractivity contribution is 5.94. The van der Waals surface area contributed by atoms with Gasteiger partial charge >= 0.3 is 0 Å². The number of rotatable bonds is 7. The zero-order chi connectivity index (χ0) is 12.7. The Bertz CT molecular complexity index is 350. The molecule has 0 unspecified atom stereocenters. The number of carbonyl (C=O) groups is 1. The average molecular weight is 236 g/mol. The molecule has 0 amide bonds. The van der Waals surface area contributed by atoms with Crippen molar-refractivity contribution in [2.45, 2.75) is 32.2 Å². The Labute approximate surface area is 102 Å². The minimum atomic E-state index is -0.140. The van der Waals surface area contributed by atoms with Gasteiger partial charge in [0.2, 0.25) is 0 Å². The Morgan fingerprint density at radius 1 is 1.47 bits per heavy atom. The minimum Gasteiger partial charge on any atom is -0.396 e. The van der Waals surface area contributed by atoms with Crippen LogP contribution >= 0.6 is 0 Å². The number of aromatic nitrogens is 1. The summed E-state index contributed by atoms with van der Waals surface area (Å²) < 4.78 is 0. The number of aliphatic hydroxyl groups excluding tert-OH is 1. The zero-order valence-corrected chi connectivity index (χ0v) is 10.4. The van der Waals surface area contributed by atoms with E-state index in [1.165, 1.54) is 0 Å². The molecule has 1 aromatic rings. The molecular formula is C13H20N2O2. The van der Waals surface area contributed by atoms with Crippen LogP contribution in [0.1, 0.15) is 37.2 Å². The Morgan fingerprint density at radius 2 is 2.24 bits per heavy atom. The van der Waals surface area contributed by atoms with Crippen molar-refractivity contribution >= 4 is 5.78 Å². The van der Waals surface area contributed by atoms with Crippen LogP contribution in [-0.4, -0.2) is 34.6 Å². The largest absolute Gasteiger partial charge is 0.396 e. The van der Waals surface area contributed by atoms with Crippen LogP contribution in [0.4, 0.5) is 0 Å². The molecule has 0 radical (unpaired) electrons. The van der Waals surface area contributed by atoms with Crippen LogP contribution in [0.3, 0.4) is 0 Å². The van der Waals surface area contributed by atoms with Gasteiger partial charge in [0.1, 0.15) is 5.69 Å². The second-order valence-electron chi connectivity index (χ2n) is 4.67. The van der Waals surface area contributed by atoms with Crippen LogP contribution in [0.5, 0.6) is 0 Å². The Kier molecular flexibility index (Phi) is 5.25. The van der Waals surface area contributed by atoms with E-state index in [-0.39, 0.29) is 17.9 Å². The van der Waals surface area contributed by atoms with Gasteiger partial charge in [-0.2, -0.15) is 0 Å². The molecule has 0 saturated heterocycles. The van der Waals surface area contributed by atoms with Crippen molar-refractivity contribution in [2.75, 3.05) is 13.2 Å². The van der Waals surface area contributed by atoms with E-state index >= 15 is 0 Å². The maximum absolute atomic E-state index is 11.7. The third-order valence-electron chi connectivity index (χ3n) is 2.64. The molecule has 17 heavy (non-hydrogen) atoms. The summed E-state index contributed by atoms with van der Waals surface area (Å²) in [4.78, 5) is 15.7. The van der Waals surface area contributed by atoms with Crippen LogP contribution in [0.15, 0.2) is 24.4 Å². The number of pyridine rings is 1. The highest BCUT2D eigenvalue weighted by Crippen LogP contribution is 2.07. The first-order valence-corrected chi connectivity index (χ1v) is 5.85. The second kappa shape index (κ2) is 6.47. The summed E-state index contributed by atoms with van der Waals surface area (Å²) in [5, 5.41) is 12.1. The van der Waals surface area contributed by atoms with Gasteiger partial charge < -0.3 is 10.4 Å². The maximum Gasteiger partial charge on any atom is 0.182 e. The normalized spacial score (nSPS) is 11.5. The number of hydrogen-bond acceptors (Lipinski definition) is 4. The van der Waals surface area contributed by atoms with Gasteiger partial charge in [-0.15, -0.1) is 0 Å². The number of aliphatic hydroxyl groups is 1. The number of Topliss-reactive ketones (excluding diaryl/α,β-unsaturated/α-hetero) is 1. The van der Waals surface area contributed by atoms with Crippen LogP contribution in [0.2, 0.25) is 0 Å². The molecule has 0 fully saturated rings. The lowest BCUT2D eigenvalue weighted by molar-refractivity contribution is 0.0974. The molecule has 0 aliphatic carbocycles. The molecule has 4 heteroatoms. The quantitative estimate of drug-likeness (QED) is 0.703. The first-order valence-electron chi connectivity index (χ1n) is 5.85. The monoisotopic (exact) mass is 236 g/mol. The van der Waals surface area contributed by atoms with Crippen LogP contribution in [-0.2, 0) is 0 Å². The first kappa shape index (κ1) is 13.8. The van der Waals surface area contributed by atoms with Gasteiger partial charge in [0, 0.05) is 31.3 Å². The van der Waals surface area contributed by atoms with Crippen molar-refractivity contribution in [3.05, 3.63) is 30.1 Å². The smallest absolute Gasteiger partial charge is 0.182 e. The number of carbonyl (C=O) groups excluding carboxylic acids is 1. The zero-order valence-electron chi connectivity index (χ0n) is 10.4. The molecule has 0 aliphatic heterocycles. The molecule has 0 saturated carbocycles. The average Bonchev–Trinajstić information content (AvgIpc) is 2.29.